The van der Waals surface area contributed by atoms with Crippen LogP contribution < -0.4 is 9.80 Å². The molecule has 13 rings (SSSR count). The molecule has 73 heavy (non-hydrogen) atoms. The van der Waals surface area contributed by atoms with E-state index in [9.17, 15) is 0 Å². The van der Waals surface area contributed by atoms with E-state index in [1.54, 1.807) is 0 Å². The third kappa shape index (κ3) is 8.33. The van der Waals surface area contributed by atoms with Crippen LogP contribution in [0.5, 0.6) is 0 Å². The van der Waals surface area contributed by atoms with Crippen molar-refractivity contribution in [3.05, 3.63) is 272 Å². The van der Waals surface area contributed by atoms with Crippen LogP contribution in [0.3, 0.4) is 0 Å². The zero-order valence-electron chi connectivity index (χ0n) is 40.9. The van der Waals surface area contributed by atoms with E-state index in [2.05, 4.69) is 281 Å². The predicted molar refractivity (Wildman–Crippen MR) is 310 cm³/mol. The minimum Gasteiger partial charge on any atom is -0.310 e. The van der Waals surface area contributed by atoms with Crippen LogP contribution in [0.25, 0.3) is 71.6 Å². The summed E-state index contributed by atoms with van der Waals surface area (Å²) in [7, 11) is 0. The van der Waals surface area contributed by atoms with Crippen molar-refractivity contribution in [1.29, 1.82) is 0 Å². The van der Waals surface area contributed by atoms with Crippen molar-refractivity contribution in [3.8, 4) is 39.1 Å². The molecular weight excluding hydrogens is 883 g/mol. The highest BCUT2D eigenvalue weighted by molar-refractivity contribution is 6.17. The fraction of sp³-hybridized carbons (Fsp3) is 0.0857. The lowest BCUT2D eigenvalue weighted by molar-refractivity contribution is 0.443. The lowest BCUT2D eigenvalue weighted by atomic mass is 9.84. The van der Waals surface area contributed by atoms with E-state index >= 15 is 0 Å². The van der Waals surface area contributed by atoms with Crippen LogP contribution in [0, 0.1) is 0 Å². The summed E-state index contributed by atoms with van der Waals surface area (Å²) >= 11 is 0. The van der Waals surface area contributed by atoms with E-state index in [4.69, 9.17) is 0 Å². The van der Waals surface area contributed by atoms with Gasteiger partial charge in [0.2, 0.25) is 0 Å². The van der Waals surface area contributed by atoms with Crippen molar-refractivity contribution >= 4 is 66.7 Å². The average Bonchev–Trinajstić information content (AvgIpc) is 3.81. The summed E-state index contributed by atoms with van der Waals surface area (Å²) in [5.41, 5.74) is 18.6. The number of hydrogen-bond acceptors (Lipinski definition) is 2. The van der Waals surface area contributed by atoms with Gasteiger partial charge in [0.05, 0.1) is 16.7 Å². The Morgan fingerprint density at radius 3 is 1.62 bits per heavy atom. The Kier molecular flexibility index (Phi) is 11.7. The van der Waals surface area contributed by atoms with Gasteiger partial charge in [0, 0.05) is 50.5 Å². The van der Waals surface area contributed by atoms with Crippen molar-refractivity contribution in [2.45, 2.75) is 38.0 Å². The molecule has 11 aromatic carbocycles. The maximum Gasteiger partial charge on any atom is 0.0562 e. The number of anilines is 6. The molecule has 0 unspecified atom stereocenters. The SMILES string of the molecule is c1ccc(-c2ccc(N(c3ccc(C4CCCCC4)cc3)c3cccc(N(c4ccc5c6c(-c7ccccc7)cccc6n(-c6ccccc6)c5c4)c4ccc5ccccc5c4-c4ccccc4)c3)cc2)cc1. The fourth-order valence-electron chi connectivity index (χ4n) is 11.7. The Balaban J connectivity index is 1.04. The maximum atomic E-state index is 2.49. The maximum absolute atomic E-state index is 2.49. The monoisotopic (exact) mass is 937 g/mol. The van der Waals surface area contributed by atoms with Gasteiger partial charge < -0.3 is 14.4 Å². The van der Waals surface area contributed by atoms with Crippen LogP contribution in [0.4, 0.5) is 34.1 Å². The Labute approximate surface area is 428 Å². The molecule has 3 heteroatoms. The Morgan fingerprint density at radius 2 is 0.904 bits per heavy atom. The highest BCUT2D eigenvalue weighted by Gasteiger charge is 2.25. The molecule has 350 valence electrons. The van der Waals surface area contributed by atoms with Crippen molar-refractivity contribution in [1.82, 2.24) is 4.57 Å². The third-order valence-electron chi connectivity index (χ3n) is 15.1. The normalized spacial score (nSPS) is 12.9. The molecule has 1 aromatic heterocycles. The van der Waals surface area contributed by atoms with E-state index in [0.717, 1.165) is 45.3 Å². The van der Waals surface area contributed by atoms with Gasteiger partial charge in [-0.1, -0.05) is 207 Å². The second-order valence-corrected chi connectivity index (χ2v) is 19.5. The number of para-hydroxylation sites is 1. The molecule has 0 amide bonds. The van der Waals surface area contributed by atoms with Crippen LogP contribution >= 0.6 is 0 Å². The van der Waals surface area contributed by atoms with E-state index < -0.39 is 0 Å². The highest BCUT2D eigenvalue weighted by Crippen LogP contribution is 2.48. The van der Waals surface area contributed by atoms with Crippen molar-refractivity contribution in [3.63, 3.8) is 0 Å². The topological polar surface area (TPSA) is 11.4 Å². The largest absolute Gasteiger partial charge is 0.310 e. The number of aromatic nitrogens is 1. The van der Waals surface area contributed by atoms with E-state index in [0.29, 0.717) is 5.92 Å². The summed E-state index contributed by atoms with van der Waals surface area (Å²) in [6.45, 7) is 0. The quantitative estimate of drug-likeness (QED) is 0.128. The molecule has 0 spiro atoms. The van der Waals surface area contributed by atoms with Gasteiger partial charge >= 0.3 is 0 Å². The summed E-state index contributed by atoms with van der Waals surface area (Å²) < 4.78 is 2.45. The van der Waals surface area contributed by atoms with Gasteiger partial charge in [0.1, 0.15) is 0 Å². The van der Waals surface area contributed by atoms with Gasteiger partial charge in [-0.05, 0) is 142 Å². The average molecular weight is 938 g/mol. The molecule has 1 aliphatic rings. The fourth-order valence-corrected chi connectivity index (χ4v) is 11.7. The Morgan fingerprint density at radius 1 is 0.342 bits per heavy atom. The van der Waals surface area contributed by atoms with Gasteiger partial charge in [0.25, 0.3) is 0 Å². The lowest BCUT2D eigenvalue weighted by Crippen LogP contribution is -2.14. The second kappa shape index (κ2) is 19.4. The number of benzene rings is 11. The smallest absolute Gasteiger partial charge is 0.0562 e. The summed E-state index contributed by atoms with van der Waals surface area (Å²) in [6.07, 6.45) is 6.52. The van der Waals surface area contributed by atoms with Crippen LogP contribution in [0.2, 0.25) is 0 Å². The molecule has 0 aliphatic heterocycles. The first kappa shape index (κ1) is 44.1. The van der Waals surface area contributed by atoms with Gasteiger partial charge in [-0.2, -0.15) is 0 Å². The highest BCUT2D eigenvalue weighted by atomic mass is 15.2. The number of fused-ring (bicyclic) bond motifs is 4. The first-order valence-corrected chi connectivity index (χ1v) is 25.9. The zero-order chi connectivity index (χ0) is 48.5. The molecule has 3 nitrogen and oxygen atoms in total. The second-order valence-electron chi connectivity index (χ2n) is 19.5. The first-order valence-electron chi connectivity index (χ1n) is 25.9. The zero-order valence-corrected chi connectivity index (χ0v) is 40.9. The van der Waals surface area contributed by atoms with Crippen LogP contribution in [-0.2, 0) is 0 Å². The summed E-state index contributed by atoms with van der Waals surface area (Å²) in [6, 6.07) is 98.2. The Hall–Kier alpha value is -8.92. The summed E-state index contributed by atoms with van der Waals surface area (Å²) in [5.74, 6) is 0.627. The minimum absolute atomic E-state index is 0.627. The molecule has 1 fully saturated rings. The Bertz CT molecular complexity index is 3860. The van der Waals surface area contributed by atoms with E-state index in [1.165, 1.54) is 98.1 Å². The molecule has 12 aromatic rings. The van der Waals surface area contributed by atoms with Crippen molar-refractivity contribution < 1.29 is 0 Å². The third-order valence-corrected chi connectivity index (χ3v) is 15.1. The minimum atomic E-state index is 0.627. The number of rotatable bonds is 11. The molecule has 0 atom stereocenters. The molecule has 0 N–H and O–H groups in total. The van der Waals surface area contributed by atoms with Crippen LogP contribution in [-0.4, -0.2) is 4.57 Å². The van der Waals surface area contributed by atoms with E-state index in [-0.39, 0.29) is 0 Å². The van der Waals surface area contributed by atoms with Crippen molar-refractivity contribution in [2.24, 2.45) is 0 Å². The molecular formula is C70H55N3. The summed E-state index contributed by atoms with van der Waals surface area (Å²) in [4.78, 5) is 4.92. The van der Waals surface area contributed by atoms with Crippen molar-refractivity contribution in [2.75, 3.05) is 9.80 Å². The molecule has 1 heterocycles. The predicted octanol–water partition coefficient (Wildman–Crippen LogP) is 19.9. The number of hydrogen-bond donors (Lipinski definition) is 0. The molecule has 1 aliphatic carbocycles. The molecule has 1 saturated carbocycles. The van der Waals surface area contributed by atoms with Gasteiger partial charge in [-0.3, -0.25) is 0 Å². The van der Waals surface area contributed by atoms with Crippen LogP contribution in [0.1, 0.15) is 43.6 Å². The van der Waals surface area contributed by atoms with Gasteiger partial charge in [0.15, 0.2) is 0 Å². The summed E-state index contributed by atoms with van der Waals surface area (Å²) in [5, 5.41) is 4.86. The molecule has 0 bridgehead atoms. The standard InChI is InChI=1S/C70H55N3/c1-6-20-50(21-7-1)52-36-41-58(42-37-52)71(59-43-38-53(39-44-59)51-22-8-2-9-23-51)60-31-18-32-61(48-60)72(67-47-40-55-26-16-17-33-63(55)69(67)56-27-12-4-13-28-56)62-45-46-65-68(49-62)73(57-29-14-5-15-30-57)66-35-19-34-64(70(65)66)54-24-10-3-11-25-54/h1,3-7,10-21,24-49,51H,2,8-9,22-23H2. The number of nitrogens with zero attached hydrogens (tertiary/aromatic N) is 3. The van der Waals surface area contributed by atoms with Gasteiger partial charge in [-0.25, -0.2) is 0 Å². The van der Waals surface area contributed by atoms with Gasteiger partial charge in [-0.15, -0.1) is 0 Å². The first-order chi connectivity index (χ1) is 36.2. The molecule has 0 saturated heterocycles. The van der Waals surface area contributed by atoms with E-state index in [1.807, 2.05) is 0 Å². The molecule has 0 radical (unpaired) electrons. The van der Waals surface area contributed by atoms with Crippen LogP contribution in [0.15, 0.2) is 267 Å². The lowest BCUT2D eigenvalue weighted by Gasteiger charge is -2.31.